The molecule has 0 bridgehead atoms. The van der Waals surface area contributed by atoms with Gasteiger partial charge in [-0.15, -0.1) is 0 Å². The molecule has 6 N–H and O–H groups in total. The van der Waals surface area contributed by atoms with E-state index in [1.54, 1.807) is 6.08 Å². The average molecular weight is 1090 g/mol. The van der Waals surface area contributed by atoms with Crippen LogP contribution in [0.4, 0.5) is 0 Å². The first kappa shape index (κ1) is 73.4. The second-order valence-corrected chi connectivity index (χ2v) is 23.6. The van der Waals surface area contributed by atoms with Crippen LogP contribution in [0.3, 0.4) is 0 Å². The fourth-order valence-corrected chi connectivity index (χ4v) is 10.9. The Balaban J connectivity index is 2.15. The molecule has 7 unspecified atom stereocenters. The Morgan fingerprint density at radius 2 is 0.766 bits per heavy atom. The van der Waals surface area contributed by atoms with Crippen molar-refractivity contribution in [3.8, 4) is 0 Å². The van der Waals surface area contributed by atoms with E-state index in [1.807, 2.05) is 6.08 Å². The molecule has 0 aliphatic carbocycles. The maximum atomic E-state index is 13.1. The lowest BCUT2D eigenvalue weighted by Crippen LogP contribution is -2.60. The largest absolute Gasteiger partial charge is 0.394 e. The summed E-state index contributed by atoms with van der Waals surface area (Å²) in [7, 11) is 0. The van der Waals surface area contributed by atoms with Crippen LogP contribution in [-0.4, -0.2) is 87.5 Å². The van der Waals surface area contributed by atoms with Crippen molar-refractivity contribution in [2.45, 2.75) is 378 Å². The third-order valence-corrected chi connectivity index (χ3v) is 16.2. The highest BCUT2D eigenvalue weighted by molar-refractivity contribution is 5.76. The summed E-state index contributed by atoms with van der Waals surface area (Å²) in [6.07, 6.45) is 69.5. The molecule has 1 amide bonds. The molecule has 0 radical (unpaired) electrons. The van der Waals surface area contributed by atoms with Gasteiger partial charge in [0.25, 0.3) is 0 Å². The molecule has 1 rings (SSSR count). The van der Waals surface area contributed by atoms with Crippen LogP contribution in [0.15, 0.2) is 36.5 Å². The van der Waals surface area contributed by atoms with Gasteiger partial charge in [-0.3, -0.25) is 4.79 Å². The number of hydrogen-bond acceptors (Lipinski definition) is 8. The van der Waals surface area contributed by atoms with E-state index in [9.17, 15) is 30.3 Å². The molecular formula is C68H129NO8. The first-order valence-electron chi connectivity index (χ1n) is 33.7. The second kappa shape index (κ2) is 57.6. The predicted octanol–water partition coefficient (Wildman–Crippen LogP) is 17.9. The summed E-state index contributed by atoms with van der Waals surface area (Å²) in [5.41, 5.74) is 0. The van der Waals surface area contributed by atoms with E-state index in [0.29, 0.717) is 6.42 Å². The summed E-state index contributed by atoms with van der Waals surface area (Å²) in [4.78, 5) is 13.1. The van der Waals surface area contributed by atoms with Crippen molar-refractivity contribution in [1.82, 2.24) is 5.32 Å². The molecule has 454 valence electrons. The van der Waals surface area contributed by atoms with Crippen LogP contribution in [0.1, 0.15) is 335 Å². The van der Waals surface area contributed by atoms with Gasteiger partial charge >= 0.3 is 0 Å². The molecule has 1 heterocycles. The van der Waals surface area contributed by atoms with Gasteiger partial charge in [0, 0.05) is 6.42 Å². The maximum absolute atomic E-state index is 13.1. The zero-order chi connectivity index (χ0) is 55.8. The summed E-state index contributed by atoms with van der Waals surface area (Å²) in [5.74, 6) is -0.172. The van der Waals surface area contributed by atoms with Gasteiger partial charge in [0.1, 0.15) is 24.4 Å². The number of unbranched alkanes of at least 4 members (excludes halogenated alkanes) is 45. The Hall–Kier alpha value is -1.59. The summed E-state index contributed by atoms with van der Waals surface area (Å²) in [5, 5.41) is 54.7. The van der Waals surface area contributed by atoms with E-state index in [-0.39, 0.29) is 12.5 Å². The van der Waals surface area contributed by atoms with Crippen LogP contribution in [-0.2, 0) is 14.3 Å². The highest BCUT2D eigenvalue weighted by Crippen LogP contribution is 2.23. The first-order chi connectivity index (χ1) is 37.8. The van der Waals surface area contributed by atoms with Crippen LogP contribution in [0.2, 0.25) is 0 Å². The lowest BCUT2D eigenvalue weighted by Gasteiger charge is -2.40. The Kier molecular flexibility index (Phi) is 55.0. The number of aliphatic hydroxyl groups is 5. The van der Waals surface area contributed by atoms with E-state index in [0.717, 1.165) is 44.9 Å². The number of hydrogen-bond donors (Lipinski definition) is 6. The topological polar surface area (TPSA) is 149 Å². The fraction of sp³-hybridized carbons (Fsp3) is 0.897. The third kappa shape index (κ3) is 46.7. The standard InChI is InChI=1S/C68H129NO8/c1-3-5-7-9-11-13-15-17-19-21-23-25-27-29-31-33-35-37-39-41-43-45-47-49-51-53-55-57-62(71)61(60-76-68-67(75)66(74)65(73)63(59-70)77-68)69-64(72)58-56-54-52-50-48-46-44-42-40-38-36-34-32-30-28-26-24-22-20-18-16-14-12-10-8-6-4-2/h16,18,22,24,55,57,61-63,65-68,70-71,73-75H,3-15,17,19-21,23,25-54,56,58-60H2,1-2H3,(H,69,72)/b18-16-,24-22-,57-55+. The molecule has 1 aliphatic heterocycles. The highest BCUT2D eigenvalue weighted by atomic mass is 16.7. The van der Waals surface area contributed by atoms with E-state index >= 15 is 0 Å². The molecule has 1 saturated heterocycles. The molecule has 1 aliphatic rings. The molecule has 7 atom stereocenters. The predicted molar refractivity (Wildman–Crippen MR) is 327 cm³/mol. The number of ether oxygens (including phenoxy) is 2. The molecule has 9 nitrogen and oxygen atoms in total. The van der Waals surface area contributed by atoms with Crippen LogP contribution in [0, 0.1) is 0 Å². The van der Waals surface area contributed by atoms with E-state index in [2.05, 4.69) is 43.5 Å². The van der Waals surface area contributed by atoms with Gasteiger partial charge in [-0.05, 0) is 51.4 Å². The summed E-state index contributed by atoms with van der Waals surface area (Å²) in [6, 6.07) is -0.806. The van der Waals surface area contributed by atoms with Crippen molar-refractivity contribution in [1.29, 1.82) is 0 Å². The highest BCUT2D eigenvalue weighted by Gasteiger charge is 2.44. The number of amides is 1. The van der Waals surface area contributed by atoms with Crippen molar-refractivity contribution in [3.63, 3.8) is 0 Å². The maximum Gasteiger partial charge on any atom is 0.220 e. The quantitative estimate of drug-likeness (QED) is 0.0261. The first-order valence-corrected chi connectivity index (χ1v) is 33.7. The molecule has 0 saturated carbocycles. The summed E-state index contributed by atoms with van der Waals surface area (Å²) in [6.45, 7) is 3.82. The lowest BCUT2D eigenvalue weighted by molar-refractivity contribution is -0.302. The second-order valence-electron chi connectivity index (χ2n) is 23.6. The van der Waals surface area contributed by atoms with Gasteiger partial charge in [0.05, 0.1) is 25.4 Å². The summed E-state index contributed by atoms with van der Waals surface area (Å²) >= 11 is 0. The van der Waals surface area contributed by atoms with Crippen molar-refractivity contribution < 1.29 is 39.8 Å². The van der Waals surface area contributed by atoms with Gasteiger partial charge in [-0.1, -0.05) is 314 Å². The van der Waals surface area contributed by atoms with Crippen molar-refractivity contribution in [2.24, 2.45) is 0 Å². The monoisotopic (exact) mass is 1090 g/mol. The van der Waals surface area contributed by atoms with Crippen molar-refractivity contribution in [2.75, 3.05) is 13.2 Å². The SMILES string of the molecule is CCCCCCC/C=C\C/C=C\CCCCCCCCCCCCCCCCCC(=O)NC(COC1OC(CO)C(O)C(O)C1O)C(O)/C=C/CCCCCCCCCCCCCCCCCCCCCCCCCCC. The molecule has 0 aromatic heterocycles. The Labute approximate surface area is 476 Å². The molecule has 77 heavy (non-hydrogen) atoms. The van der Waals surface area contributed by atoms with Gasteiger partial charge in [-0.25, -0.2) is 0 Å². The van der Waals surface area contributed by atoms with Crippen LogP contribution in [0.25, 0.3) is 0 Å². The number of rotatable bonds is 59. The Morgan fingerprint density at radius 1 is 0.442 bits per heavy atom. The lowest BCUT2D eigenvalue weighted by atomic mass is 9.99. The zero-order valence-electron chi connectivity index (χ0n) is 50.7. The normalized spacial score (nSPS) is 18.9. The minimum absolute atomic E-state index is 0.172. The Bertz CT molecular complexity index is 1310. The van der Waals surface area contributed by atoms with Gasteiger partial charge in [-0.2, -0.15) is 0 Å². The third-order valence-electron chi connectivity index (χ3n) is 16.2. The molecular weight excluding hydrogens is 959 g/mol. The minimum Gasteiger partial charge on any atom is -0.394 e. The zero-order valence-corrected chi connectivity index (χ0v) is 50.7. The van der Waals surface area contributed by atoms with E-state index in [1.165, 1.54) is 270 Å². The van der Waals surface area contributed by atoms with Gasteiger partial charge < -0.3 is 40.3 Å². The number of nitrogens with one attached hydrogen (secondary N) is 1. The van der Waals surface area contributed by atoms with E-state index in [4.69, 9.17) is 9.47 Å². The number of carbonyl (C=O) groups is 1. The van der Waals surface area contributed by atoms with Gasteiger partial charge in [0.2, 0.25) is 5.91 Å². The van der Waals surface area contributed by atoms with Crippen LogP contribution in [0.5, 0.6) is 0 Å². The van der Waals surface area contributed by atoms with Crippen molar-refractivity contribution in [3.05, 3.63) is 36.5 Å². The van der Waals surface area contributed by atoms with Crippen LogP contribution >= 0.6 is 0 Å². The van der Waals surface area contributed by atoms with E-state index < -0.39 is 49.5 Å². The molecule has 0 spiro atoms. The van der Waals surface area contributed by atoms with Crippen LogP contribution < -0.4 is 5.32 Å². The molecule has 9 heteroatoms. The molecule has 0 aromatic rings. The number of allylic oxidation sites excluding steroid dienone is 5. The minimum atomic E-state index is -1.57. The number of carbonyl (C=O) groups excluding carboxylic acids is 1. The van der Waals surface area contributed by atoms with Crippen molar-refractivity contribution >= 4 is 5.91 Å². The molecule has 0 aromatic carbocycles. The smallest absolute Gasteiger partial charge is 0.220 e. The summed E-state index contributed by atoms with van der Waals surface area (Å²) < 4.78 is 11.3. The van der Waals surface area contributed by atoms with Gasteiger partial charge in [0.15, 0.2) is 6.29 Å². The average Bonchev–Trinajstić information content (AvgIpc) is 3.43. The Morgan fingerprint density at radius 3 is 1.12 bits per heavy atom. The molecule has 1 fully saturated rings. The number of aliphatic hydroxyl groups excluding tert-OH is 5. The fourth-order valence-electron chi connectivity index (χ4n) is 10.9.